The molecular weight excluding hydrogens is 252 g/mol. The number of aromatic amines is 1. The molecule has 0 aromatic carbocycles. The van der Waals surface area contributed by atoms with Gasteiger partial charge in [0.2, 0.25) is 0 Å². The monoisotopic (exact) mass is 264 g/mol. The highest BCUT2D eigenvalue weighted by Crippen LogP contribution is 2.10. The van der Waals surface area contributed by atoms with Crippen LogP contribution >= 0.6 is 11.6 Å². The summed E-state index contributed by atoms with van der Waals surface area (Å²) in [6.07, 6.45) is 1.69. The van der Waals surface area contributed by atoms with Crippen LogP contribution in [-0.2, 0) is 6.54 Å². The van der Waals surface area contributed by atoms with E-state index in [-0.39, 0.29) is 5.91 Å². The Morgan fingerprint density at radius 1 is 1.44 bits per heavy atom. The molecule has 0 spiro atoms. The number of pyridine rings is 1. The maximum Gasteiger partial charge on any atom is 0.251 e. The first-order valence-corrected chi connectivity index (χ1v) is 5.85. The van der Waals surface area contributed by atoms with Gasteiger partial charge in [-0.05, 0) is 26.0 Å². The molecule has 2 aromatic heterocycles. The van der Waals surface area contributed by atoms with E-state index in [9.17, 15) is 4.79 Å². The van der Waals surface area contributed by atoms with Crippen molar-refractivity contribution < 1.29 is 4.79 Å². The second-order valence-electron chi connectivity index (χ2n) is 4.02. The third-order valence-electron chi connectivity index (χ3n) is 2.56. The van der Waals surface area contributed by atoms with E-state index < -0.39 is 0 Å². The summed E-state index contributed by atoms with van der Waals surface area (Å²) in [6, 6.07) is 3.25. The van der Waals surface area contributed by atoms with Gasteiger partial charge in [-0.2, -0.15) is 5.10 Å². The lowest BCUT2D eigenvalue weighted by Crippen LogP contribution is -2.23. The van der Waals surface area contributed by atoms with Gasteiger partial charge in [0, 0.05) is 29.1 Å². The van der Waals surface area contributed by atoms with E-state index in [0.717, 1.165) is 11.3 Å². The van der Waals surface area contributed by atoms with Gasteiger partial charge in [-0.3, -0.25) is 9.89 Å². The van der Waals surface area contributed by atoms with Crippen LogP contribution in [0.1, 0.15) is 27.3 Å². The van der Waals surface area contributed by atoms with E-state index in [1.54, 1.807) is 25.3 Å². The first kappa shape index (κ1) is 12.6. The number of H-pyrrole nitrogens is 1. The van der Waals surface area contributed by atoms with Gasteiger partial charge in [-0.25, -0.2) is 4.98 Å². The molecule has 0 bridgehead atoms. The summed E-state index contributed by atoms with van der Waals surface area (Å²) < 4.78 is 0. The van der Waals surface area contributed by atoms with E-state index >= 15 is 0 Å². The summed E-state index contributed by atoms with van der Waals surface area (Å²) in [4.78, 5) is 15.9. The predicted octanol–water partition coefficient (Wildman–Crippen LogP) is 2.00. The lowest BCUT2D eigenvalue weighted by Gasteiger charge is -2.05. The molecule has 0 fully saturated rings. The molecule has 2 heterocycles. The highest BCUT2D eigenvalue weighted by atomic mass is 35.5. The largest absolute Gasteiger partial charge is 0.348 e. The zero-order valence-corrected chi connectivity index (χ0v) is 10.9. The molecule has 0 unspecified atom stereocenters. The van der Waals surface area contributed by atoms with Crippen LogP contribution in [0.4, 0.5) is 0 Å². The van der Waals surface area contributed by atoms with Crippen LogP contribution < -0.4 is 5.32 Å². The summed E-state index contributed by atoms with van der Waals surface area (Å²) in [5.74, 6) is -0.178. The van der Waals surface area contributed by atoms with Crippen LogP contribution in [0.2, 0.25) is 5.15 Å². The van der Waals surface area contributed by atoms with E-state index in [1.165, 1.54) is 0 Å². The summed E-state index contributed by atoms with van der Waals surface area (Å²) in [6.45, 7) is 4.13. The van der Waals surface area contributed by atoms with Crippen LogP contribution in [0.25, 0.3) is 0 Å². The standard InChI is InChI=1S/C12H13ClN4O/c1-7-3-9(4-11(13)16-7)12(18)14-5-10-6-15-17-8(10)2/h3-4,6H,5H2,1-2H3,(H,14,18)(H,15,17). The van der Waals surface area contributed by atoms with Crippen molar-refractivity contribution in [3.63, 3.8) is 0 Å². The Bertz CT molecular complexity index is 559. The van der Waals surface area contributed by atoms with Crippen molar-refractivity contribution >= 4 is 17.5 Å². The normalized spacial score (nSPS) is 10.4. The summed E-state index contributed by atoms with van der Waals surface area (Å²) in [7, 11) is 0. The maximum absolute atomic E-state index is 11.9. The first-order valence-electron chi connectivity index (χ1n) is 5.47. The number of rotatable bonds is 3. The molecule has 6 heteroatoms. The fourth-order valence-corrected chi connectivity index (χ4v) is 1.84. The minimum Gasteiger partial charge on any atom is -0.348 e. The number of carbonyl (C=O) groups excluding carboxylic acids is 1. The molecule has 2 aromatic rings. The van der Waals surface area contributed by atoms with Crippen LogP contribution in [0.3, 0.4) is 0 Å². The lowest BCUT2D eigenvalue weighted by atomic mass is 10.2. The Hall–Kier alpha value is -1.88. The first-order chi connectivity index (χ1) is 8.56. The molecule has 0 aliphatic carbocycles. The minimum atomic E-state index is -0.178. The van der Waals surface area contributed by atoms with Crippen molar-refractivity contribution in [1.82, 2.24) is 20.5 Å². The highest BCUT2D eigenvalue weighted by molar-refractivity contribution is 6.29. The third-order valence-corrected chi connectivity index (χ3v) is 2.75. The summed E-state index contributed by atoms with van der Waals surface area (Å²) >= 11 is 5.81. The Balaban J connectivity index is 2.06. The summed E-state index contributed by atoms with van der Waals surface area (Å²) in [5.41, 5.74) is 3.13. The number of aromatic nitrogens is 3. The average molecular weight is 265 g/mol. The van der Waals surface area contributed by atoms with Crippen LogP contribution in [-0.4, -0.2) is 21.1 Å². The number of amides is 1. The average Bonchev–Trinajstić information content (AvgIpc) is 2.70. The number of hydrogen-bond donors (Lipinski definition) is 2. The zero-order chi connectivity index (χ0) is 13.1. The number of hydrogen-bond acceptors (Lipinski definition) is 3. The molecule has 0 saturated carbocycles. The number of halogens is 1. The van der Waals surface area contributed by atoms with E-state index in [4.69, 9.17) is 11.6 Å². The van der Waals surface area contributed by atoms with E-state index in [2.05, 4.69) is 20.5 Å². The molecule has 0 aliphatic heterocycles. The second-order valence-corrected chi connectivity index (χ2v) is 4.41. The second kappa shape index (κ2) is 5.18. The predicted molar refractivity (Wildman–Crippen MR) is 68.5 cm³/mol. The Kier molecular flexibility index (Phi) is 3.62. The molecule has 1 amide bonds. The van der Waals surface area contributed by atoms with Crippen molar-refractivity contribution in [1.29, 1.82) is 0 Å². The van der Waals surface area contributed by atoms with Crippen LogP contribution in [0, 0.1) is 13.8 Å². The molecule has 0 atom stereocenters. The van der Waals surface area contributed by atoms with Gasteiger partial charge in [0.25, 0.3) is 5.91 Å². The van der Waals surface area contributed by atoms with Crippen molar-refractivity contribution in [3.8, 4) is 0 Å². The van der Waals surface area contributed by atoms with Crippen molar-refractivity contribution in [2.24, 2.45) is 0 Å². The molecule has 2 rings (SSSR count). The SMILES string of the molecule is Cc1cc(C(=O)NCc2cn[nH]c2C)cc(Cl)n1. The topological polar surface area (TPSA) is 70.7 Å². The maximum atomic E-state index is 11.9. The van der Waals surface area contributed by atoms with Gasteiger partial charge in [-0.15, -0.1) is 0 Å². The van der Waals surface area contributed by atoms with E-state index in [0.29, 0.717) is 23.0 Å². The lowest BCUT2D eigenvalue weighted by molar-refractivity contribution is 0.0950. The van der Waals surface area contributed by atoms with Gasteiger partial charge in [0.05, 0.1) is 6.20 Å². The van der Waals surface area contributed by atoms with Gasteiger partial charge in [-0.1, -0.05) is 11.6 Å². The molecule has 0 saturated heterocycles. The highest BCUT2D eigenvalue weighted by Gasteiger charge is 2.09. The Morgan fingerprint density at radius 2 is 2.22 bits per heavy atom. The van der Waals surface area contributed by atoms with Gasteiger partial charge in [0.15, 0.2) is 0 Å². The van der Waals surface area contributed by atoms with Crippen molar-refractivity contribution in [2.75, 3.05) is 0 Å². The van der Waals surface area contributed by atoms with Crippen LogP contribution in [0.5, 0.6) is 0 Å². The molecule has 5 nitrogen and oxygen atoms in total. The van der Waals surface area contributed by atoms with Crippen LogP contribution in [0.15, 0.2) is 18.3 Å². The number of nitrogens with one attached hydrogen (secondary N) is 2. The number of nitrogens with zero attached hydrogens (tertiary/aromatic N) is 2. The van der Waals surface area contributed by atoms with Crippen molar-refractivity contribution in [2.45, 2.75) is 20.4 Å². The molecule has 0 radical (unpaired) electrons. The zero-order valence-electron chi connectivity index (χ0n) is 10.1. The van der Waals surface area contributed by atoms with Gasteiger partial charge >= 0.3 is 0 Å². The molecule has 94 valence electrons. The third kappa shape index (κ3) is 2.87. The fraction of sp³-hybridized carbons (Fsp3) is 0.250. The van der Waals surface area contributed by atoms with Crippen molar-refractivity contribution in [3.05, 3.63) is 46.0 Å². The molecule has 2 N–H and O–H groups in total. The number of aryl methyl sites for hydroxylation is 2. The Labute approximate surface area is 110 Å². The molecule has 18 heavy (non-hydrogen) atoms. The quantitative estimate of drug-likeness (QED) is 0.833. The van der Waals surface area contributed by atoms with E-state index in [1.807, 2.05) is 6.92 Å². The Morgan fingerprint density at radius 3 is 2.83 bits per heavy atom. The molecule has 0 aliphatic rings. The van der Waals surface area contributed by atoms with Gasteiger partial charge in [0.1, 0.15) is 5.15 Å². The number of carbonyl (C=O) groups is 1. The molecular formula is C12H13ClN4O. The minimum absolute atomic E-state index is 0.178. The fourth-order valence-electron chi connectivity index (χ4n) is 1.59. The smallest absolute Gasteiger partial charge is 0.251 e. The summed E-state index contributed by atoms with van der Waals surface area (Å²) in [5, 5.41) is 9.84. The van der Waals surface area contributed by atoms with Gasteiger partial charge < -0.3 is 5.32 Å².